The molecule has 1 N–H and O–H groups in total. The molecule has 0 aliphatic heterocycles. The lowest BCUT2D eigenvalue weighted by Gasteiger charge is -2.08. The highest BCUT2D eigenvalue weighted by Crippen LogP contribution is 2.25. The van der Waals surface area contributed by atoms with Crippen molar-refractivity contribution in [1.82, 2.24) is 14.8 Å². The quantitative estimate of drug-likeness (QED) is 0.641. The van der Waals surface area contributed by atoms with Crippen LogP contribution in [0.5, 0.6) is 0 Å². The molecule has 2 heterocycles. The molecule has 0 saturated carbocycles. The molecule has 0 unspecified atom stereocenters. The van der Waals surface area contributed by atoms with Crippen molar-refractivity contribution in [2.75, 3.05) is 11.9 Å². The molecule has 8 heteroatoms. The first-order valence-electron chi connectivity index (χ1n) is 7.49. The van der Waals surface area contributed by atoms with Gasteiger partial charge < -0.3 is 9.30 Å². The molecule has 0 radical (unpaired) electrons. The highest BCUT2D eigenvalue weighted by atomic mass is 32.1. The molecule has 0 aromatic carbocycles. The zero-order chi connectivity index (χ0) is 17.9. The smallest absolute Gasteiger partial charge is 0.355 e. The monoisotopic (exact) mass is 348 g/mol. The van der Waals surface area contributed by atoms with Crippen molar-refractivity contribution >= 4 is 28.3 Å². The number of amides is 1. The molecule has 0 atom stereocenters. The fraction of sp³-hybridized carbons (Fsp3) is 0.375. The van der Waals surface area contributed by atoms with Crippen LogP contribution >= 0.6 is 11.3 Å². The molecule has 7 nitrogen and oxygen atoms in total. The number of rotatable bonds is 6. The number of esters is 1. The van der Waals surface area contributed by atoms with Crippen LogP contribution in [0.3, 0.4) is 0 Å². The van der Waals surface area contributed by atoms with Gasteiger partial charge in [0.15, 0.2) is 0 Å². The van der Waals surface area contributed by atoms with E-state index in [1.54, 1.807) is 31.4 Å². The van der Waals surface area contributed by atoms with Crippen LogP contribution in [-0.4, -0.2) is 33.2 Å². The Balaban J connectivity index is 2.45. The number of aromatic nitrogens is 3. The zero-order valence-electron chi connectivity index (χ0n) is 14.2. The van der Waals surface area contributed by atoms with Crippen LogP contribution in [0.4, 0.5) is 5.13 Å². The minimum absolute atomic E-state index is 0.266. The zero-order valence-corrected chi connectivity index (χ0v) is 15.0. The van der Waals surface area contributed by atoms with Crippen LogP contribution in [0.15, 0.2) is 12.7 Å². The summed E-state index contributed by atoms with van der Waals surface area (Å²) in [6.45, 7) is 11.5. The summed E-state index contributed by atoms with van der Waals surface area (Å²) in [4.78, 5) is 24.9. The van der Waals surface area contributed by atoms with Gasteiger partial charge in [0, 0.05) is 12.2 Å². The lowest BCUT2D eigenvalue weighted by atomic mass is 10.1. The van der Waals surface area contributed by atoms with Gasteiger partial charge in [0.25, 0.3) is 5.91 Å². The number of nitrogens with zero attached hydrogens (tertiary/aromatic N) is 3. The van der Waals surface area contributed by atoms with Gasteiger partial charge >= 0.3 is 5.97 Å². The number of ether oxygens (including phenoxy) is 1. The van der Waals surface area contributed by atoms with Crippen LogP contribution in [0.25, 0.3) is 0 Å². The number of allylic oxidation sites excluding steroid dienone is 1. The van der Waals surface area contributed by atoms with E-state index in [4.69, 9.17) is 4.74 Å². The third kappa shape index (κ3) is 3.38. The molecule has 2 aromatic rings. The number of carbonyl (C=O) groups is 2. The van der Waals surface area contributed by atoms with E-state index in [9.17, 15) is 9.59 Å². The van der Waals surface area contributed by atoms with Crippen molar-refractivity contribution < 1.29 is 14.3 Å². The Labute approximate surface area is 144 Å². The summed E-state index contributed by atoms with van der Waals surface area (Å²) in [5.74, 6) is -0.778. The number of aryl methyl sites for hydroxylation is 1. The van der Waals surface area contributed by atoms with Gasteiger partial charge in [0.05, 0.1) is 12.2 Å². The highest BCUT2D eigenvalue weighted by Gasteiger charge is 2.27. The Kier molecular flexibility index (Phi) is 5.50. The normalized spacial score (nSPS) is 10.5. The molecule has 128 valence electrons. The van der Waals surface area contributed by atoms with Gasteiger partial charge in [-0.3, -0.25) is 10.1 Å². The Morgan fingerprint density at radius 2 is 2.04 bits per heavy atom. The summed E-state index contributed by atoms with van der Waals surface area (Å²) in [6.07, 6.45) is 1.67. The third-order valence-electron chi connectivity index (χ3n) is 3.52. The Hall–Kier alpha value is -2.48. The molecular weight excluding hydrogens is 328 g/mol. The summed E-state index contributed by atoms with van der Waals surface area (Å²) in [6, 6.07) is 0. The van der Waals surface area contributed by atoms with Crippen molar-refractivity contribution in [3.8, 4) is 0 Å². The SMILES string of the molecule is C=CCn1c(C)c(C(=O)Nc2nnc(C)s2)c(C)c1C(=O)OCC. The average Bonchev–Trinajstić information content (AvgIpc) is 3.01. The van der Waals surface area contributed by atoms with Crippen LogP contribution in [0.2, 0.25) is 0 Å². The molecule has 0 aliphatic carbocycles. The maximum Gasteiger partial charge on any atom is 0.355 e. The van der Waals surface area contributed by atoms with Gasteiger partial charge in [-0.2, -0.15) is 0 Å². The molecule has 0 bridgehead atoms. The van der Waals surface area contributed by atoms with E-state index in [-0.39, 0.29) is 12.5 Å². The maximum atomic E-state index is 12.7. The second-order valence-electron chi connectivity index (χ2n) is 5.13. The van der Waals surface area contributed by atoms with Gasteiger partial charge in [-0.25, -0.2) is 4.79 Å². The topological polar surface area (TPSA) is 86.1 Å². The first-order valence-corrected chi connectivity index (χ1v) is 8.31. The van der Waals surface area contributed by atoms with Crippen molar-refractivity contribution in [2.24, 2.45) is 0 Å². The van der Waals surface area contributed by atoms with Crippen LogP contribution in [0, 0.1) is 20.8 Å². The first-order chi connectivity index (χ1) is 11.4. The molecule has 24 heavy (non-hydrogen) atoms. The molecule has 2 aromatic heterocycles. The number of nitrogens with one attached hydrogen (secondary N) is 1. The second kappa shape index (κ2) is 7.39. The minimum Gasteiger partial charge on any atom is -0.461 e. The first kappa shape index (κ1) is 17.9. The summed E-state index contributed by atoms with van der Waals surface area (Å²) < 4.78 is 6.86. The summed E-state index contributed by atoms with van der Waals surface area (Å²) in [7, 11) is 0. The van der Waals surface area contributed by atoms with Gasteiger partial charge in [0.2, 0.25) is 5.13 Å². The predicted octanol–water partition coefficient (Wildman–Crippen LogP) is 2.88. The van der Waals surface area contributed by atoms with E-state index in [1.165, 1.54) is 11.3 Å². The minimum atomic E-state index is -0.453. The van der Waals surface area contributed by atoms with Gasteiger partial charge in [-0.15, -0.1) is 16.8 Å². The van der Waals surface area contributed by atoms with E-state index in [0.29, 0.717) is 34.2 Å². The standard InChI is InChI=1S/C16H20N4O3S/c1-6-8-20-10(4)12(9(3)13(20)15(22)23-7-2)14(21)17-16-19-18-11(5)24-16/h6H,1,7-8H2,2-5H3,(H,17,19,21). The van der Waals surface area contributed by atoms with Crippen molar-refractivity contribution in [3.05, 3.63) is 40.2 Å². The molecular formula is C16H20N4O3S. The molecule has 0 spiro atoms. The molecule has 1 amide bonds. The fourth-order valence-electron chi connectivity index (χ4n) is 2.56. The van der Waals surface area contributed by atoms with Crippen LogP contribution in [-0.2, 0) is 11.3 Å². The second-order valence-corrected chi connectivity index (χ2v) is 6.32. The Bertz CT molecular complexity index is 792. The Morgan fingerprint density at radius 3 is 2.58 bits per heavy atom. The number of hydrogen-bond acceptors (Lipinski definition) is 6. The lowest BCUT2D eigenvalue weighted by Crippen LogP contribution is -2.14. The van der Waals surface area contributed by atoms with Crippen molar-refractivity contribution in [1.29, 1.82) is 0 Å². The molecule has 0 aliphatic rings. The van der Waals surface area contributed by atoms with E-state index in [0.717, 1.165) is 5.01 Å². The van der Waals surface area contributed by atoms with Crippen molar-refractivity contribution in [3.63, 3.8) is 0 Å². The largest absolute Gasteiger partial charge is 0.461 e. The van der Waals surface area contributed by atoms with Gasteiger partial charge in [-0.1, -0.05) is 17.4 Å². The molecule has 2 rings (SSSR count). The van der Waals surface area contributed by atoms with Gasteiger partial charge in [-0.05, 0) is 33.3 Å². The predicted molar refractivity (Wildman–Crippen MR) is 92.7 cm³/mol. The highest BCUT2D eigenvalue weighted by molar-refractivity contribution is 7.15. The van der Waals surface area contributed by atoms with E-state index >= 15 is 0 Å². The maximum absolute atomic E-state index is 12.7. The number of hydrogen-bond donors (Lipinski definition) is 1. The summed E-state index contributed by atoms with van der Waals surface area (Å²) in [5.41, 5.74) is 2.06. The van der Waals surface area contributed by atoms with E-state index < -0.39 is 5.97 Å². The summed E-state index contributed by atoms with van der Waals surface area (Å²) >= 11 is 1.29. The number of carbonyl (C=O) groups excluding carboxylic acids is 2. The number of anilines is 1. The Morgan fingerprint density at radius 1 is 1.33 bits per heavy atom. The molecule has 0 saturated heterocycles. The summed E-state index contributed by atoms with van der Waals surface area (Å²) in [5, 5.41) is 11.7. The van der Waals surface area contributed by atoms with Crippen LogP contribution in [0.1, 0.15) is 44.0 Å². The average molecular weight is 348 g/mol. The van der Waals surface area contributed by atoms with Gasteiger partial charge in [0.1, 0.15) is 10.7 Å². The molecule has 0 fully saturated rings. The third-order valence-corrected chi connectivity index (χ3v) is 4.27. The lowest BCUT2D eigenvalue weighted by molar-refractivity contribution is 0.0513. The van der Waals surface area contributed by atoms with E-state index in [2.05, 4.69) is 22.1 Å². The van der Waals surface area contributed by atoms with Crippen LogP contribution < -0.4 is 5.32 Å². The van der Waals surface area contributed by atoms with E-state index in [1.807, 2.05) is 6.92 Å². The van der Waals surface area contributed by atoms with Crippen molar-refractivity contribution in [2.45, 2.75) is 34.2 Å². The fourth-order valence-corrected chi connectivity index (χ4v) is 3.14.